The van der Waals surface area contributed by atoms with Gasteiger partial charge in [0.15, 0.2) is 0 Å². The molecular weight excluding hydrogens is 347 g/mol. The SMILES string of the molecule is [C-]#[N+]c1nc(S(=O)(=O)C(Cl)(Cl)Cl)n(CCCC)c1[N+]#[C-]. The maximum atomic E-state index is 12.2. The highest BCUT2D eigenvalue weighted by molar-refractivity contribution is 7.97. The molecule has 0 saturated heterocycles. The Morgan fingerprint density at radius 1 is 1.30 bits per heavy atom. The second-order valence-electron chi connectivity index (χ2n) is 3.72. The van der Waals surface area contributed by atoms with E-state index in [1.807, 2.05) is 6.92 Å². The number of nitrogens with zero attached hydrogens (tertiary/aromatic N) is 4. The molecule has 6 nitrogen and oxygen atoms in total. The predicted octanol–water partition coefficient (Wildman–Crippen LogP) is 3.89. The van der Waals surface area contributed by atoms with Gasteiger partial charge in [0.1, 0.15) is 0 Å². The minimum absolute atomic E-state index is 0.165. The lowest BCUT2D eigenvalue weighted by Crippen LogP contribution is -2.23. The van der Waals surface area contributed by atoms with Gasteiger partial charge in [-0.05, 0) is 6.42 Å². The van der Waals surface area contributed by atoms with Gasteiger partial charge in [0.25, 0.3) is 11.6 Å². The zero-order chi connectivity index (χ0) is 15.6. The summed E-state index contributed by atoms with van der Waals surface area (Å²) in [6, 6.07) is 0. The molecule has 1 rings (SSSR count). The van der Waals surface area contributed by atoms with E-state index in [9.17, 15) is 8.42 Å². The molecule has 0 bridgehead atoms. The summed E-state index contributed by atoms with van der Waals surface area (Å²) in [5.74, 6) is -0.481. The van der Waals surface area contributed by atoms with E-state index in [4.69, 9.17) is 47.9 Å². The number of unbranched alkanes of at least 4 members (excludes halogenated alkanes) is 1. The molecule has 0 fully saturated rings. The standard InChI is InChI=1S/C10H9Cl3N4O2S/c1-4-5-6-17-8(15-3)7(14-2)16-9(17)20(18,19)10(11,12)13/h4-6H2,1H3. The molecule has 0 unspecified atom stereocenters. The second-order valence-corrected chi connectivity index (χ2v) is 8.66. The first-order chi connectivity index (χ1) is 9.20. The smallest absolute Gasteiger partial charge is 0.373 e. The lowest BCUT2D eigenvalue weighted by molar-refractivity contribution is 0.550. The Morgan fingerprint density at radius 2 is 1.90 bits per heavy atom. The molecular formula is C10H9Cl3N4O2S. The van der Waals surface area contributed by atoms with Gasteiger partial charge in [-0.15, -0.1) is 0 Å². The molecule has 1 heterocycles. The van der Waals surface area contributed by atoms with E-state index in [-0.39, 0.29) is 18.2 Å². The van der Waals surface area contributed by atoms with Gasteiger partial charge < -0.3 is 9.69 Å². The van der Waals surface area contributed by atoms with Crippen molar-refractivity contribution in [3.8, 4) is 0 Å². The minimum Gasteiger partial charge on any atom is -0.373 e. The third-order valence-electron chi connectivity index (χ3n) is 2.38. The lowest BCUT2D eigenvalue weighted by atomic mass is 10.3. The molecule has 0 aliphatic carbocycles. The highest BCUT2D eigenvalue weighted by atomic mass is 35.6. The zero-order valence-corrected chi connectivity index (χ0v) is 13.4. The van der Waals surface area contributed by atoms with Crippen LogP contribution in [-0.4, -0.2) is 21.1 Å². The zero-order valence-electron chi connectivity index (χ0n) is 10.3. The van der Waals surface area contributed by atoms with Crippen LogP contribution in [0.5, 0.6) is 0 Å². The van der Waals surface area contributed by atoms with Crippen LogP contribution in [0.4, 0.5) is 11.6 Å². The van der Waals surface area contributed by atoms with E-state index in [2.05, 4.69) is 14.7 Å². The number of hydrogen-bond acceptors (Lipinski definition) is 3. The topological polar surface area (TPSA) is 60.7 Å². The van der Waals surface area contributed by atoms with Crippen LogP contribution < -0.4 is 0 Å². The molecule has 108 valence electrons. The number of alkyl halides is 3. The minimum atomic E-state index is -4.40. The molecule has 10 heteroatoms. The Kier molecular flexibility index (Phi) is 5.28. The molecule has 1 aromatic heterocycles. The summed E-state index contributed by atoms with van der Waals surface area (Å²) in [5.41, 5.74) is 0. The number of halogens is 3. The Morgan fingerprint density at radius 3 is 2.30 bits per heavy atom. The quantitative estimate of drug-likeness (QED) is 0.608. The van der Waals surface area contributed by atoms with Crippen molar-refractivity contribution in [1.29, 1.82) is 0 Å². The summed E-state index contributed by atoms with van der Waals surface area (Å²) in [6.45, 7) is 16.1. The summed E-state index contributed by atoms with van der Waals surface area (Å²) in [4.78, 5) is 9.83. The normalized spacial score (nSPS) is 11.9. The fourth-order valence-electron chi connectivity index (χ4n) is 1.42. The fourth-order valence-corrected chi connectivity index (χ4v) is 2.93. The van der Waals surface area contributed by atoms with E-state index in [1.54, 1.807) is 0 Å². The number of imidazole rings is 1. The Balaban J connectivity index is 3.60. The van der Waals surface area contributed by atoms with Crippen molar-refractivity contribution in [3.05, 3.63) is 22.8 Å². The van der Waals surface area contributed by atoms with Gasteiger partial charge in [-0.25, -0.2) is 8.42 Å². The highest BCUT2D eigenvalue weighted by Crippen LogP contribution is 2.40. The third-order valence-corrected chi connectivity index (χ3v) is 5.61. The van der Waals surface area contributed by atoms with Crippen LogP contribution in [0.1, 0.15) is 19.8 Å². The first-order valence-electron chi connectivity index (χ1n) is 5.37. The van der Waals surface area contributed by atoms with Gasteiger partial charge in [0, 0.05) is 0 Å². The first-order valence-corrected chi connectivity index (χ1v) is 7.99. The van der Waals surface area contributed by atoms with Gasteiger partial charge in [-0.1, -0.05) is 66.3 Å². The molecule has 0 atom stereocenters. The molecule has 0 aliphatic rings. The van der Waals surface area contributed by atoms with E-state index in [0.717, 1.165) is 11.0 Å². The van der Waals surface area contributed by atoms with Crippen LogP contribution in [0.15, 0.2) is 5.16 Å². The Labute approximate surface area is 131 Å². The largest absolute Gasteiger partial charge is 0.393 e. The monoisotopic (exact) mass is 354 g/mol. The van der Waals surface area contributed by atoms with Crippen molar-refractivity contribution in [2.75, 3.05) is 0 Å². The molecule has 0 aliphatic heterocycles. The van der Waals surface area contributed by atoms with Crippen molar-refractivity contribution < 1.29 is 8.42 Å². The van der Waals surface area contributed by atoms with E-state index in [1.165, 1.54) is 0 Å². The highest BCUT2D eigenvalue weighted by Gasteiger charge is 2.48. The summed E-state index contributed by atoms with van der Waals surface area (Å²) < 4.78 is 22.8. The molecule has 20 heavy (non-hydrogen) atoms. The Hall–Kier alpha value is -0.990. The van der Waals surface area contributed by atoms with Gasteiger partial charge in [0.2, 0.25) is 0 Å². The van der Waals surface area contributed by atoms with Crippen LogP contribution in [0.25, 0.3) is 9.69 Å². The number of hydrogen-bond donors (Lipinski definition) is 0. The van der Waals surface area contributed by atoms with Crippen molar-refractivity contribution in [1.82, 2.24) is 9.55 Å². The maximum absolute atomic E-state index is 12.2. The predicted molar refractivity (Wildman–Crippen MR) is 77.1 cm³/mol. The average molecular weight is 356 g/mol. The molecule has 0 saturated carbocycles. The van der Waals surface area contributed by atoms with Crippen LogP contribution >= 0.6 is 34.8 Å². The molecule has 1 aromatic rings. The van der Waals surface area contributed by atoms with Crippen molar-refractivity contribution in [3.63, 3.8) is 0 Å². The van der Waals surface area contributed by atoms with Crippen LogP contribution in [0, 0.1) is 13.1 Å². The molecule has 0 radical (unpaired) electrons. The molecule has 0 N–H and O–H groups in total. The summed E-state index contributed by atoms with van der Waals surface area (Å²) in [5, 5.41) is -0.567. The summed E-state index contributed by atoms with van der Waals surface area (Å²) >= 11 is 16.3. The Bertz CT molecular complexity index is 692. The van der Waals surface area contributed by atoms with Crippen LogP contribution in [0.2, 0.25) is 0 Å². The lowest BCUT2D eigenvalue weighted by Gasteiger charge is -2.09. The van der Waals surface area contributed by atoms with E-state index < -0.39 is 18.1 Å². The van der Waals surface area contributed by atoms with Crippen molar-refractivity contribution in [2.45, 2.75) is 34.6 Å². The maximum Gasteiger partial charge on any atom is 0.393 e. The number of aromatic nitrogens is 2. The molecule has 0 spiro atoms. The van der Waals surface area contributed by atoms with Crippen LogP contribution in [0.3, 0.4) is 0 Å². The van der Waals surface area contributed by atoms with Gasteiger partial charge in [-0.2, -0.15) is 0 Å². The fraction of sp³-hybridized carbons (Fsp3) is 0.500. The van der Waals surface area contributed by atoms with Crippen molar-refractivity contribution >= 4 is 56.3 Å². The van der Waals surface area contributed by atoms with E-state index >= 15 is 0 Å². The molecule has 0 amide bonds. The van der Waals surface area contributed by atoms with Gasteiger partial charge in [-0.3, -0.25) is 4.57 Å². The van der Waals surface area contributed by atoms with Gasteiger partial charge in [0.05, 0.1) is 6.54 Å². The van der Waals surface area contributed by atoms with E-state index in [0.29, 0.717) is 6.42 Å². The number of rotatable bonds is 4. The summed E-state index contributed by atoms with van der Waals surface area (Å²) in [7, 11) is -4.40. The summed E-state index contributed by atoms with van der Waals surface area (Å²) in [6.07, 6.45) is 1.36. The van der Waals surface area contributed by atoms with Crippen molar-refractivity contribution in [2.24, 2.45) is 0 Å². The average Bonchev–Trinajstić information content (AvgIpc) is 2.72. The third kappa shape index (κ3) is 3.02. The van der Waals surface area contributed by atoms with Crippen LogP contribution in [-0.2, 0) is 16.4 Å². The van der Waals surface area contributed by atoms with Gasteiger partial charge >= 0.3 is 18.1 Å². The second kappa shape index (κ2) is 6.19. The first kappa shape index (κ1) is 17.1. The molecule has 0 aromatic carbocycles. The number of sulfone groups is 1.